The van der Waals surface area contributed by atoms with Crippen molar-refractivity contribution in [1.29, 1.82) is 0 Å². The molecule has 0 fully saturated rings. The van der Waals surface area contributed by atoms with Crippen molar-refractivity contribution in [2.45, 2.75) is 0 Å². The number of nitrogens with two attached hydrogens (primary N) is 1. The Labute approximate surface area is 81.1 Å². The molecule has 0 spiro atoms. The Morgan fingerprint density at radius 3 is 2.21 bits per heavy atom. The van der Waals surface area contributed by atoms with E-state index in [1.807, 2.05) is 12.1 Å². The van der Waals surface area contributed by atoms with Crippen molar-refractivity contribution < 1.29 is 19.0 Å². The highest BCUT2D eigenvalue weighted by atomic mass is 19.1. The molecule has 1 rings (SSSR count). The molecule has 5 heteroatoms. The number of alkyl halides is 1. The summed E-state index contributed by atoms with van der Waals surface area (Å²) < 4.78 is 15.4. The standard InChI is InChI=1S/C7H9NO.C2H3FO2/c1-9-7-4-2-6(8)3-5-7;3-1-2(4)5/h2-5H,8H2,1H3;1H2,(H,4,5). The Morgan fingerprint density at radius 1 is 1.50 bits per heavy atom. The third-order valence-corrected chi connectivity index (χ3v) is 1.23. The fraction of sp³-hybridized carbons (Fsp3) is 0.222. The van der Waals surface area contributed by atoms with Crippen molar-refractivity contribution in [3.05, 3.63) is 24.3 Å². The van der Waals surface area contributed by atoms with E-state index >= 15 is 0 Å². The molecule has 0 aliphatic rings. The van der Waals surface area contributed by atoms with E-state index in [-0.39, 0.29) is 0 Å². The summed E-state index contributed by atoms with van der Waals surface area (Å²) in [4.78, 5) is 8.99. The highest BCUT2D eigenvalue weighted by Crippen LogP contribution is 2.11. The Balaban J connectivity index is 0.000000292. The largest absolute Gasteiger partial charge is 0.497 e. The van der Waals surface area contributed by atoms with Crippen LogP contribution in [0.25, 0.3) is 0 Å². The Hall–Kier alpha value is -1.78. The third-order valence-electron chi connectivity index (χ3n) is 1.23. The molecule has 0 bridgehead atoms. The molecule has 0 aliphatic carbocycles. The molecule has 3 N–H and O–H groups in total. The second kappa shape index (κ2) is 6.71. The number of methoxy groups -OCH3 is 1. The molecule has 0 aromatic heterocycles. The Morgan fingerprint density at radius 2 is 1.93 bits per heavy atom. The normalized spacial score (nSPS) is 8.43. The fourth-order valence-electron chi connectivity index (χ4n) is 0.604. The molecule has 0 unspecified atom stereocenters. The number of hydrogen-bond acceptors (Lipinski definition) is 3. The fourth-order valence-corrected chi connectivity index (χ4v) is 0.604. The van der Waals surface area contributed by atoms with Gasteiger partial charge < -0.3 is 15.6 Å². The minimum atomic E-state index is -1.41. The SMILES string of the molecule is COc1ccc(N)cc1.O=C(O)CF. The van der Waals surface area contributed by atoms with Gasteiger partial charge in [0.1, 0.15) is 5.75 Å². The first kappa shape index (κ1) is 12.2. The zero-order chi connectivity index (χ0) is 11.0. The van der Waals surface area contributed by atoms with E-state index in [0.29, 0.717) is 0 Å². The molecule has 1 aromatic rings. The van der Waals surface area contributed by atoms with Crippen LogP contribution in [0.5, 0.6) is 5.75 Å². The summed E-state index contributed by atoms with van der Waals surface area (Å²) >= 11 is 0. The molecule has 0 saturated carbocycles. The van der Waals surface area contributed by atoms with Crippen LogP contribution < -0.4 is 10.5 Å². The minimum absolute atomic E-state index is 0.760. The number of anilines is 1. The number of carbonyl (C=O) groups is 1. The van der Waals surface area contributed by atoms with Gasteiger partial charge in [-0.15, -0.1) is 0 Å². The van der Waals surface area contributed by atoms with Crippen LogP contribution in [0.3, 0.4) is 0 Å². The molecule has 0 saturated heterocycles. The summed E-state index contributed by atoms with van der Waals surface area (Å²) in [6.07, 6.45) is 0. The van der Waals surface area contributed by atoms with E-state index in [0.717, 1.165) is 11.4 Å². The van der Waals surface area contributed by atoms with Crippen molar-refractivity contribution >= 4 is 11.7 Å². The number of aliphatic carboxylic acids is 1. The van der Waals surface area contributed by atoms with Crippen LogP contribution in [-0.4, -0.2) is 24.9 Å². The second-order valence-corrected chi connectivity index (χ2v) is 2.30. The minimum Gasteiger partial charge on any atom is -0.497 e. The maximum absolute atomic E-state index is 10.5. The number of benzene rings is 1. The molecule has 14 heavy (non-hydrogen) atoms. The van der Waals surface area contributed by atoms with E-state index in [1.54, 1.807) is 19.2 Å². The zero-order valence-corrected chi connectivity index (χ0v) is 7.74. The van der Waals surface area contributed by atoms with Gasteiger partial charge in [-0.1, -0.05) is 0 Å². The van der Waals surface area contributed by atoms with E-state index in [2.05, 4.69) is 0 Å². The van der Waals surface area contributed by atoms with Crippen molar-refractivity contribution in [1.82, 2.24) is 0 Å². The lowest BCUT2D eigenvalue weighted by Gasteiger charge is -1.97. The summed E-state index contributed by atoms with van der Waals surface area (Å²) in [6.45, 7) is -1.28. The molecular formula is C9H12FNO3. The number of nitrogen functional groups attached to an aromatic ring is 1. The molecular weight excluding hydrogens is 189 g/mol. The Kier molecular flexibility index (Phi) is 5.85. The summed E-state index contributed by atoms with van der Waals surface area (Å²) in [5.74, 6) is -0.575. The number of carboxylic acid groups (broad SMARTS) is 1. The molecule has 0 amide bonds. The van der Waals surface area contributed by atoms with Crippen LogP contribution >= 0.6 is 0 Å². The third kappa shape index (κ3) is 5.82. The molecule has 0 heterocycles. The van der Waals surface area contributed by atoms with E-state index in [9.17, 15) is 4.39 Å². The van der Waals surface area contributed by atoms with E-state index in [1.165, 1.54) is 0 Å². The van der Waals surface area contributed by atoms with Crippen molar-refractivity contribution in [3.8, 4) is 5.75 Å². The maximum atomic E-state index is 10.5. The maximum Gasteiger partial charge on any atom is 0.335 e. The monoisotopic (exact) mass is 201 g/mol. The van der Waals surface area contributed by atoms with Gasteiger partial charge in [-0.25, -0.2) is 9.18 Å². The van der Waals surface area contributed by atoms with E-state index in [4.69, 9.17) is 20.4 Å². The van der Waals surface area contributed by atoms with Crippen LogP contribution in [0.1, 0.15) is 0 Å². The van der Waals surface area contributed by atoms with Gasteiger partial charge in [-0.05, 0) is 24.3 Å². The second-order valence-electron chi connectivity index (χ2n) is 2.30. The quantitative estimate of drug-likeness (QED) is 0.708. The molecule has 78 valence electrons. The number of halogens is 1. The highest BCUT2D eigenvalue weighted by molar-refractivity contribution is 5.67. The van der Waals surface area contributed by atoms with Crippen molar-refractivity contribution in [2.75, 3.05) is 19.5 Å². The number of hydrogen-bond donors (Lipinski definition) is 2. The van der Waals surface area contributed by atoms with Crippen LogP contribution in [0, 0.1) is 0 Å². The number of ether oxygens (including phenoxy) is 1. The van der Waals surface area contributed by atoms with Gasteiger partial charge in [0.05, 0.1) is 7.11 Å². The van der Waals surface area contributed by atoms with Crippen LogP contribution in [-0.2, 0) is 4.79 Å². The number of carboxylic acids is 1. The van der Waals surface area contributed by atoms with Crippen LogP contribution in [0.4, 0.5) is 10.1 Å². The molecule has 0 radical (unpaired) electrons. The first-order chi connectivity index (χ1) is 6.60. The Bertz CT molecular complexity index is 274. The summed E-state index contributed by atoms with van der Waals surface area (Å²) in [5.41, 5.74) is 6.19. The molecule has 4 nitrogen and oxygen atoms in total. The van der Waals surface area contributed by atoms with Gasteiger partial charge in [0.25, 0.3) is 0 Å². The van der Waals surface area contributed by atoms with Gasteiger partial charge in [-0.3, -0.25) is 0 Å². The summed E-state index contributed by atoms with van der Waals surface area (Å²) in [5, 5.41) is 7.35. The smallest absolute Gasteiger partial charge is 0.335 e. The lowest BCUT2D eigenvalue weighted by Crippen LogP contribution is -1.93. The topological polar surface area (TPSA) is 72.5 Å². The lowest BCUT2D eigenvalue weighted by molar-refractivity contribution is -0.137. The van der Waals surface area contributed by atoms with Gasteiger partial charge in [0.15, 0.2) is 6.67 Å². The van der Waals surface area contributed by atoms with Gasteiger partial charge >= 0.3 is 5.97 Å². The first-order valence-corrected chi connectivity index (χ1v) is 3.77. The summed E-state index contributed by atoms with van der Waals surface area (Å²) in [6, 6.07) is 7.27. The van der Waals surface area contributed by atoms with E-state index < -0.39 is 12.6 Å². The highest BCUT2D eigenvalue weighted by Gasteiger charge is 1.86. The average molecular weight is 201 g/mol. The molecule has 1 aromatic carbocycles. The predicted octanol–water partition coefficient (Wildman–Crippen LogP) is 1.32. The van der Waals surface area contributed by atoms with Gasteiger partial charge in [0, 0.05) is 5.69 Å². The van der Waals surface area contributed by atoms with Crippen molar-refractivity contribution in [2.24, 2.45) is 0 Å². The zero-order valence-electron chi connectivity index (χ0n) is 7.74. The van der Waals surface area contributed by atoms with Crippen LogP contribution in [0.15, 0.2) is 24.3 Å². The van der Waals surface area contributed by atoms with Crippen molar-refractivity contribution in [3.63, 3.8) is 0 Å². The number of rotatable bonds is 2. The molecule has 0 atom stereocenters. The predicted molar refractivity (Wildman–Crippen MR) is 51.0 cm³/mol. The molecule has 0 aliphatic heterocycles. The van der Waals surface area contributed by atoms with Crippen LogP contribution in [0.2, 0.25) is 0 Å². The van der Waals surface area contributed by atoms with Gasteiger partial charge in [-0.2, -0.15) is 0 Å². The van der Waals surface area contributed by atoms with Gasteiger partial charge in [0.2, 0.25) is 0 Å². The average Bonchev–Trinajstić information content (AvgIpc) is 2.20. The summed E-state index contributed by atoms with van der Waals surface area (Å²) in [7, 11) is 1.63. The first-order valence-electron chi connectivity index (χ1n) is 3.77. The lowest BCUT2D eigenvalue weighted by atomic mass is 10.3.